The fourth-order valence-corrected chi connectivity index (χ4v) is 2.42. The van der Waals surface area contributed by atoms with Gasteiger partial charge in [0, 0.05) is 21.8 Å². The van der Waals surface area contributed by atoms with E-state index >= 15 is 0 Å². The molecule has 2 aromatic carbocycles. The molecule has 0 aliphatic carbocycles. The number of halogens is 1. The summed E-state index contributed by atoms with van der Waals surface area (Å²) in [6, 6.07) is 14.6. The van der Waals surface area contributed by atoms with Gasteiger partial charge in [-0.05, 0) is 18.2 Å². The van der Waals surface area contributed by atoms with E-state index in [-0.39, 0.29) is 5.84 Å². The van der Waals surface area contributed by atoms with Crippen molar-refractivity contribution >= 4 is 23.1 Å². The minimum Gasteiger partial charge on any atom is -0.359 e. The van der Waals surface area contributed by atoms with Gasteiger partial charge in [0.05, 0.1) is 0 Å². The van der Waals surface area contributed by atoms with E-state index in [1.807, 2.05) is 36.4 Å². The van der Waals surface area contributed by atoms with Crippen molar-refractivity contribution in [1.82, 2.24) is 5.06 Å². The van der Waals surface area contributed by atoms with Crippen molar-refractivity contribution in [3.63, 3.8) is 0 Å². The number of nitrogens with one attached hydrogen (secondary N) is 2. The van der Waals surface area contributed by atoms with Gasteiger partial charge in [0.2, 0.25) is 0 Å². The molecule has 0 bridgehead atoms. The topological polar surface area (TPSA) is 59.4 Å². The van der Waals surface area contributed by atoms with Gasteiger partial charge in [-0.2, -0.15) is 0 Å². The molecule has 2 aromatic rings. The number of hydroxylamine groups is 2. The summed E-state index contributed by atoms with van der Waals surface area (Å²) < 4.78 is 0. The number of fused-ring (bicyclic) bond motifs is 1. The van der Waals surface area contributed by atoms with E-state index in [9.17, 15) is 5.21 Å². The minimum absolute atomic E-state index is 0.0549. The molecule has 0 radical (unpaired) electrons. The minimum atomic E-state index is -0.559. The van der Waals surface area contributed by atoms with Crippen molar-refractivity contribution < 1.29 is 5.21 Å². The van der Waals surface area contributed by atoms with E-state index in [0.29, 0.717) is 10.6 Å². The molecule has 3 rings (SSSR count). The second-order valence-corrected chi connectivity index (χ2v) is 4.71. The van der Waals surface area contributed by atoms with E-state index < -0.39 is 6.17 Å². The van der Waals surface area contributed by atoms with Crippen LogP contribution in [0.25, 0.3) is 0 Å². The molecule has 0 spiro atoms. The Kier molecular flexibility index (Phi) is 2.89. The first-order chi connectivity index (χ1) is 9.18. The van der Waals surface area contributed by atoms with Gasteiger partial charge < -0.3 is 5.32 Å². The van der Waals surface area contributed by atoms with Crippen molar-refractivity contribution in [2.24, 2.45) is 0 Å². The quantitative estimate of drug-likeness (QED) is 0.745. The molecule has 0 saturated carbocycles. The highest BCUT2D eigenvalue weighted by atomic mass is 35.5. The van der Waals surface area contributed by atoms with Crippen LogP contribution in [-0.4, -0.2) is 16.1 Å². The Labute approximate surface area is 115 Å². The van der Waals surface area contributed by atoms with Gasteiger partial charge >= 0.3 is 0 Å². The van der Waals surface area contributed by atoms with Gasteiger partial charge in [-0.15, -0.1) is 0 Å². The lowest BCUT2D eigenvalue weighted by atomic mass is 10.0. The molecule has 1 aliphatic rings. The first-order valence-corrected chi connectivity index (χ1v) is 6.23. The van der Waals surface area contributed by atoms with Gasteiger partial charge in [0.1, 0.15) is 0 Å². The van der Waals surface area contributed by atoms with Crippen LogP contribution in [0.15, 0.2) is 48.5 Å². The maximum absolute atomic E-state index is 10.1. The first kappa shape index (κ1) is 12.0. The largest absolute Gasteiger partial charge is 0.359 e. The van der Waals surface area contributed by atoms with Gasteiger partial charge in [0.25, 0.3) is 0 Å². The van der Waals surface area contributed by atoms with Crippen LogP contribution in [0.5, 0.6) is 0 Å². The molecule has 19 heavy (non-hydrogen) atoms. The highest BCUT2D eigenvalue weighted by molar-refractivity contribution is 6.31. The number of rotatable bonds is 1. The van der Waals surface area contributed by atoms with Crippen LogP contribution in [-0.2, 0) is 0 Å². The number of hydrogen-bond donors (Lipinski definition) is 3. The molecule has 1 atom stereocenters. The monoisotopic (exact) mass is 273 g/mol. The van der Waals surface area contributed by atoms with Crippen LogP contribution in [0.2, 0.25) is 5.02 Å². The fourth-order valence-electron chi connectivity index (χ4n) is 2.18. The summed E-state index contributed by atoms with van der Waals surface area (Å²) in [6.07, 6.45) is -0.559. The second-order valence-electron chi connectivity index (χ2n) is 4.31. The number of nitrogens with zero attached hydrogens (tertiary/aromatic N) is 1. The van der Waals surface area contributed by atoms with E-state index in [2.05, 4.69) is 5.32 Å². The number of benzene rings is 2. The Morgan fingerprint density at radius 2 is 1.79 bits per heavy atom. The molecular formula is C14H12ClN3O. The lowest BCUT2D eigenvalue weighted by Gasteiger charge is -2.35. The average molecular weight is 274 g/mol. The molecule has 1 heterocycles. The predicted octanol–water partition coefficient (Wildman–Crippen LogP) is 3.48. The maximum atomic E-state index is 10.1. The second kappa shape index (κ2) is 4.57. The Morgan fingerprint density at radius 3 is 2.58 bits per heavy atom. The SMILES string of the molecule is N=C1c2ccccc2NC(c2ccccc2Cl)N1O. The molecule has 0 saturated heterocycles. The zero-order valence-corrected chi connectivity index (χ0v) is 10.7. The summed E-state index contributed by atoms with van der Waals surface area (Å²) in [4.78, 5) is 0. The van der Waals surface area contributed by atoms with Crippen molar-refractivity contribution in [2.75, 3.05) is 5.32 Å². The summed E-state index contributed by atoms with van der Waals surface area (Å²) in [5.41, 5.74) is 2.20. The molecule has 1 aliphatic heterocycles. The zero-order valence-electron chi connectivity index (χ0n) is 9.97. The molecule has 1 unspecified atom stereocenters. The third-order valence-corrected chi connectivity index (χ3v) is 3.49. The van der Waals surface area contributed by atoms with Gasteiger partial charge in [-0.1, -0.05) is 41.9 Å². The number of para-hydroxylation sites is 1. The first-order valence-electron chi connectivity index (χ1n) is 5.85. The van der Waals surface area contributed by atoms with Crippen molar-refractivity contribution in [1.29, 1.82) is 5.41 Å². The molecule has 5 heteroatoms. The summed E-state index contributed by atoms with van der Waals surface area (Å²) in [6.45, 7) is 0. The van der Waals surface area contributed by atoms with E-state index in [1.165, 1.54) is 0 Å². The normalized spacial score (nSPS) is 17.9. The van der Waals surface area contributed by atoms with Gasteiger partial charge in [-0.25, -0.2) is 5.06 Å². The average Bonchev–Trinajstić information content (AvgIpc) is 2.44. The Bertz CT molecular complexity index is 644. The van der Waals surface area contributed by atoms with Crippen LogP contribution in [0, 0.1) is 5.41 Å². The van der Waals surface area contributed by atoms with Gasteiger partial charge in [-0.3, -0.25) is 10.6 Å². The van der Waals surface area contributed by atoms with E-state index in [4.69, 9.17) is 17.0 Å². The van der Waals surface area contributed by atoms with Crippen molar-refractivity contribution in [3.8, 4) is 0 Å². The summed E-state index contributed by atoms with van der Waals surface area (Å²) in [5.74, 6) is 0.0549. The summed E-state index contributed by atoms with van der Waals surface area (Å²) in [5, 5.41) is 22.8. The smallest absolute Gasteiger partial charge is 0.157 e. The lowest BCUT2D eigenvalue weighted by molar-refractivity contribution is -0.0481. The molecular weight excluding hydrogens is 262 g/mol. The molecule has 0 fully saturated rings. The highest BCUT2D eigenvalue weighted by Crippen LogP contribution is 2.34. The van der Waals surface area contributed by atoms with Crippen LogP contribution in [0.4, 0.5) is 5.69 Å². The number of amidine groups is 1. The highest BCUT2D eigenvalue weighted by Gasteiger charge is 2.30. The molecule has 3 N–H and O–H groups in total. The molecule has 0 aromatic heterocycles. The zero-order chi connectivity index (χ0) is 13.4. The Balaban J connectivity index is 2.07. The van der Waals surface area contributed by atoms with E-state index in [0.717, 1.165) is 16.3 Å². The summed E-state index contributed by atoms with van der Waals surface area (Å²) >= 11 is 6.15. The van der Waals surface area contributed by atoms with Gasteiger partial charge in [0.15, 0.2) is 12.0 Å². The Hall–Kier alpha value is -2.04. The number of anilines is 1. The maximum Gasteiger partial charge on any atom is 0.157 e. The fraction of sp³-hybridized carbons (Fsp3) is 0.0714. The van der Waals surface area contributed by atoms with Crippen LogP contribution in [0.3, 0.4) is 0 Å². The van der Waals surface area contributed by atoms with Crippen molar-refractivity contribution in [2.45, 2.75) is 6.17 Å². The predicted molar refractivity (Wildman–Crippen MR) is 74.7 cm³/mol. The summed E-state index contributed by atoms with van der Waals surface area (Å²) in [7, 11) is 0. The molecule has 4 nitrogen and oxygen atoms in total. The Morgan fingerprint density at radius 1 is 1.11 bits per heavy atom. The van der Waals surface area contributed by atoms with Crippen LogP contribution >= 0.6 is 11.6 Å². The standard InChI is InChI=1S/C14H12ClN3O/c15-11-7-3-1-5-9(11)14-17-12-8-4-2-6-10(12)13(16)18(14)19/h1-8,14,16-17,19H. The van der Waals surface area contributed by atoms with E-state index in [1.54, 1.807) is 12.1 Å². The lowest BCUT2D eigenvalue weighted by Crippen LogP contribution is -2.40. The van der Waals surface area contributed by atoms with Crippen molar-refractivity contribution in [3.05, 3.63) is 64.7 Å². The van der Waals surface area contributed by atoms with Crippen LogP contribution < -0.4 is 5.32 Å². The number of hydrogen-bond acceptors (Lipinski definition) is 3. The third-order valence-electron chi connectivity index (χ3n) is 3.15. The third kappa shape index (κ3) is 1.95. The molecule has 96 valence electrons. The molecule has 0 amide bonds. The van der Waals surface area contributed by atoms with Crippen LogP contribution in [0.1, 0.15) is 17.3 Å².